The number of hydrogen-bond acceptors (Lipinski definition) is 34. The highest BCUT2D eigenvalue weighted by molar-refractivity contribution is 8.00. The summed E-state index contributed by atoms with van der Waals surface area (Å²) in [5, 5.41) is 95.7. The number of aromatic hydroxyl groups is 2. The number of carboxylic acid groups (broad SMARTS) is 3. The van der Waals surface area contributed by atoms with E-state index in [1.807, 2.05) is 11.6 Å². The van der Waals surface area contributed by atoms with Crippen molar-refractivity contribution >= 4 is 175 Å². The molecular formula is C89H118N19O30S3-. The third-order valence-corrected chi connectivity index (χ3v) is 24.6. The average molecular weight is 2030 g/mol. The predicted molar refractivity (Wildman–Crippen MR) is 498 cm³/mol. The Bertz CT molecular complexity index is 5170. The quantitative estimate of drug-likeness (QED) is 0.00660. The minimum absolute atomic E-state index is 0.00205. The highest BCUT2D eigenvalue weighted by atomic mass is 32.2. The summed E-state index contributed by atoms with van der Waals surface area (Å²) in [7, 11) is 0. The minimum Gasteiger partial charge on any atom is -0.755 e. The number of benzene rings is 3. The highest BCUT2D eigenvalue weighted by Crippen LogP contribution is 2.38. The SMILES string of the molecule is O=C=O.O=C=O.[2H]C(=O)OCc1ccc(NC(=O)[C@H](CCCCC(N)=O)NC(=O)[C@@H](CC(=O)CCCCCN2C(=O)CC(SC[C@H](CC(=O)[C@H](CC(=O)O)NC(=O)[C@H](CCCNC(=N)N)CC(=O)[C@H](CC(=O)O)NC(=O)[C@@H](CCCCn3cc(CCCC(=O)Nc4nnc(NS(=O)[O-])s4)nn3)NC(=O)CCNC(=O)CCNC(=O)CCC(C)(c3ccc(O)cc3)c3ccc(O)cc3)C(=O)O)C2=O)C(C)C)cc1. The molecule has 0 spiro atoms. The Morgan fingerprint density at radius 3 is 1.72 bits per heavy atom. The average Bonchev–Trinajstić information content (AvgIpc) is 0.818. The zero-order valence-electron chi connectivity index (χ0n) is 78.5. The summed E-state index contributed by atoms with van der Waals surface area (Å²) < 4.78 is 37.0. The molecule has 1 saturated heterocycles. The lowest BCUT2D eigenvalue weighted by molar-refractivity contribution is -0.193. The Hall–Kier alpha value is -14.5. The van der Waals surface area contributed by atoms with E-state index in [1.165, 1.54) is 41.1 Å². The van der Waals surface area contributed by atoms with Crippen LogP contribution in [0.3, 0.4) is 0 Å². The highest BCUT2D eigenvalue weighted by Gasteiger charge is 2.41. The monoisotopic (exact) mass is 2030 g/mol. The smallest absolute Gasteiger partial charge is 0.373 e. The number of carboxylic acids is 3. The number of carbonyl (C=O) groups excluding carboxylic acids is 19. The van der Waals surface area contributed by atoms with Crippen molar-refractivity contribution < 1.29 is 146 Å². The number of phenolic OH excluding ortho intramolecular Hbond substituents is 2. The standard InChI is InChI=1S/C87H119N19O26S3.2CO2/c1-51(2)62(79(124)96-64(16-6-7-18-70(88)113)80(125)94-57-26-20-52(21-27-57)48-132-50-107)43-61(110)15-5-4-9-40-106-75(118)46-69(82(106)127)133-49-54(83(128)129)42-68(112)65(44-76(119)120)97-78(123)53(13-12-36-93-84(89)90)41-67(111)66(45-77(121)122)98-81(126)63(17-8-10-39-105-47-58(100-104-105)14-11-19-73(116)99-85-101-102-86(134-85)103-135(130)131)95-74(117)34-38-92-72(115)33-37-91-71(114)32-35-87(3,55-22-28-59(108)29-23-55)56-24-30-60(109)31-25-56;2*2-1-3/h20-31,47,50-51,53-54,62-66,69,108-109H,4-19,32-46,48-49H2,1-3H3,(H2,88,113)(H,91,114)(H,92,115)(H,94,125)(H,95,117)(H,96,124)(H,97,123)(H,98,126)(H,102,103)(H,119,120)(H,121,122)(H,128,129)(H,130,131)(H4,89,90,93)(H,99,101,116);;/p-1/t53-,54+,62+,63-,64+,65+,66+,69?;;/m1../s1/i50D;;. The number of carbonyl (C=O) groups is 18. The molecule has 0 saturated carbocycles. The molecule has 141 heavy (non-hydrogen) atoms. The number of nitrogens with one attached hydrogen (secondary N) is 11. The van der Waals surface area contributed by atoms with Crippen LogP contribution in [0.2, 0.25) is 0 Å². The van der Waals surface area contributed by atoms with Crippen molar-refractivity contribution in [1.29, 1.82) is 5.41 Å². The van der Waals surface area contributed by atoms with Gasteiger partial charge in [-0.25, -0.2) is 0 Å². The number of aliphatic carboxylic acids is 3. The van der Waals surface area contributed by atoms with Gasteiger partial charge in [-0.05, 0) is 136 Å². The van der Waals surface area contributed by atoms with Crippen LogP contribution in [0.25, 0.3) is 0 Å². The molecule has 0 bridgehead atoms. The summed E-state index contributed by atoms with van der Waals surface area (Å²) in [5.74, 6) is -20.1. The number of aromatic nitrogens is 5. The second-order valence-corrected chi connectivity index (χ2v) is 35.9. The number of anilines is 3. The van der Waals surface area contributed by atoms with Gasteiger partial charge in [-0.1, -0.05) is 86.6 Å². The van der Waals surface area contributed by atoms with Crippen LogP contribution in [0.15, 0.2) is 79.0 Å². The molecule has 2 unspecified atom stereocenters. The number of primary amides is 1. The van der Waals surface area contributed by atoms with Crippen molar-refractivity contribution in [2.45, 2.75) is 236 Å². The molecule has 1 fully saturated rings. The van der Waals surface area contributed by atoms with Crippen LogP contribution in [0, 0.1) is 29.1 Å². The Kier molecular flexibility index (Phi) is 53.0. The minimum atomic E-state index is -2.66. The molecular weight excluding hydrogens is 1910 g/mol. The number of imide groups is 1. The van der Waals surface area contributed by atoms with Gasteiger partial charge in [-0.2, -0.15) is 19.2 Å². The van der Waals surface area contributed by atoms with Crippen LogP contribution in [-0.2, 0) is 146 Å². The molecule has 11 amide bonds. The molecule has 3 heterocycles. The summed E-state index contributed by atoms with van der Waals surface area (Å²) in [6, 6.07) is 12.6. The summed E-state index contributed by atoms with van der Waals surface area (Å²) in [6.45, 7) is 4.82. The summed E-state index contributed by atoms with van der Waals surface area (Å²) in [6.07, 6.45) is -1.95. The molecule has 9 atom stereocenters. The topological polar surface area (TPSA) is 782 Å². The van der Waals surface area contributed by atoms with Crippen LogP contribution in [-0.4, -0.2) is 251 Å². The molecule has 1 aliphatic rings. The van der Waals surface area contributed by atoms with Crippen molar-refractivity contribution in [2.24, 2.45) is 35.1 Å². The van der Waals surface area contributed by atoms with Gasteiger partial charge in [0.25, 0.3) is 6.45 Å². The molecule has 0 aliphatic carbocycles. The number of ether oxygens (including phenoxy) is 1. The van der Waals surface area contributed by atoms with E-state index in [-0.39, 0.29) is 188 Å². The van der Waals surface area contributed by atoms with Crippen molar-refractivity contribution in [2.75, 3.05) is 47.3 Å². The summed E-state index contributed by atoms with van der Waals surface area (Å²) in [4.78, 5) is 272. The van der Waals surface area contributed by atoms with Gasteiger partial charge in [-0.15, -0.1) is 27.1 Å². The van der Waals surface area contributed by atoms with E-state index in [2.05, 4.69) is 73.1 Å². The van der Waals surface area contributed by atoms with Crippen LogP contribution in [0.4, 0.5) is 16.0 Å². The molecule has 0 radical (unpaired) electrons. The van der Waals surface area contributed by atoms with E-state index < -0.39 is 209 Å². The van der Waals surface area contributed by atoms with Crippen LogP contribution >= 0.6 is 23.1 Å². The Balaban J connectivity index is 0.00000682. The van der Waals surface area contributed by atoms with E-state index >= 15 is 0 Å². The number of Topliss-reactive ketones (excluding diaryl/α,β-unsaturated/α-hetero) is 3. The fraction of sp³-hybridized carbons (Fsp3) is 0.517. The first-order valence-electron chi connectivity index (χ1n) is 45.2. The fourth-order valence-electron chi connectivity index (χ4n) is 14.5. The van der Waals surface area contributed by atoms with Crippen molar-refractivity contribution in [3.8, 4) is 11.5 Å². The number of aryl methyl sites for hydroxylation is 2. The van der Waals surface area contributed by atoms with Crippen LogP contribution in [0.5, 0.6) is 11.5 Å². The molecule has 52 heteroatoms. The molecule has 6 rings (SSSR count). The van der Waals surface area contributed by atoms with E-state index in [4.69, 9.17) is 37.4 Å². The molecule has 3 aromatic carbocycles. The number of rotatable bonds is 66. The summed E-state index contributed by atoms with van der Waals surface area (Å²) in [5.41, 5.74) is 13.0. The van der Waals surface area contributed by atoms with Gasteiger partial charge in [0.15, 0.2) is 18.9 Å². The third kappa shape index (κ3) is 46.2. The number of hydrogen-bond donors (Lipinski definition) is 18. The molecule has 768 valence electrons. The number of nitrogens with two attached hydrogens (primary N) is 2. The van der Waals surface area contributed by atoms with E-state index in [9.17, 15) is 121 Å². The second-order valence-electron chi connectivity index (χ2n) is 33.1. The van der Waals surface area contributed by atoms with E-state index in [0.717, 1.165) is 39.1 Å². The van der Waals surface area contributed by atoms with E-state index in [0.29, 0.717) is 49.0 Å². The van der Waals surface area contributed by atoms with Gasteiger partial charge in [0, 0.05) is 143 Å². The van der Waals surface area contributed by atoms with Gasteiger partial charge in [0.1, 0.15) is 36.0 Å². The lowest BCUT2D eigenvalue weighted by Gasteiger charge is -2.31. The predicted octanol–water partition coefficient (Wildman–Crippen LogP) is 1.91. The Morgan fingerprint density at radius 1 is 0.610 bits per heavy atom. The normalized spacial score (nSPS) is 13.8. The van der Waals surface area contributed by atoms with Gasteiger partial charge in [0.2, 0.25) is 75.2 Å². The lowest BCUT2D eigenvalue weighted by atomic mass is 9.73. The summed E-state index contributed by atoms with van der Waals surface area (Å²) >= 11 is -1.12. The van der Waals surface area contributed by atoms with Crippen molar-refractivity contribution in [1.82, 2.24) is 67.3 Å². The fourth-order valence-corrected chi connectivity index (χ4v) is 16.8. The number of guanidine groups is 1. The molecule has 1 aliphatic heterocycles. The Morgan fingerprint density at radius 2 is 1.16 bits per heavy atom. The first-order valence-corrected chi connectivity index (χ1v) is 47.6. The van der Waals surface area contributed by atoms with Crippen LogP contribution in [0.1, 0.15) is 205 Å². The zero-order valence-corrected chi connectivity index (χ0v) is 80.0. The van der Waals surface area contributed by atoms with Crippen molar-refractivity contribution in [3.05, 3.63) is 101 Å². The first kappa shape index (κ1) is 117. The van der Waals surface area contributed by atoms with Gasteiger partial charge < -0.3 is 94.1 Å². The van der Waals surface area contributed by atoms with Gasteiger partial charge >= 0.3 is 30.2 Å². The number of likely N-dealkylation sites (tertiary alicyclic amines) is 1. The zero-order chi connectivity index (χ0) is 106. The van der Waals surface area contributed by atoms with Crippen LogP contribution < -0.4 is 64.0 Å². The number of amides is 11. The maximum atomic E-state index is 14.5. The molecule has 2 aromatic heterocycles. The second kappa shape index (κ2) is 63.9. The molecule has 49 nitrogen and oxygen atoms in total. The largest absolute Gasteiger partial charge is 0.755 e. The van der Waals surface area contributed by atoms with Gasteiger partial charge in [0.05, 0.1) is 41.8 Å². The molecule has 5 aromatic rings. The third-order valence-electron chi connectivity index (χ3n) is 22.0. The number of nitrogens with zero attached hydrogens (tertiary/aromatic N) is 6. The lowest BCUT2D eigenvalue weighted by Crippen LogP contribution is -2.53. The van der Waals surface area contributed by atoms with Crippen molar-refractivity contribution in [3.63, 3.8) is 0 Å². The maximum Gasteiger partial charge on any atom is 0.373 e. The maximum absolute atomic E-state index is 14.5. The number of thioether (sulfide) groups is 1. The van der Waals surface area contributed by atoms with E-state index in [1.54, 1.807) is 56.4 Å². The Labute approximate surface area is 820 Å². The number of ketones is 3. The molecule has 20 N–H and O–H groups in total. The number of phenols is 2. The first-order chi connectivity index (χ1) is 67.4. The number of unbranched alkanes of at least 4 members (excludes halogenated alkanes) is 4. The van der Waals surface area contributed by atoms with Gasteiger partial charge in [-0.3, -0.25) is 110 Å².